The minimum absolute atomic E-state index is 0.189. The minimum Gasteiger partial charge on any atom is -0.497 e. The molecule has 0 amide bonds. The summed E-state index contributed by atoms with van der Waals surface area (Å²) < 4.78 is 5.34. The number of rotatable bonds is 5. The van der Waals surface area contributed by atoms with Crippen LogP contribution in [-0.2, 0) is 0 Å². The van der Waals surface area contributed by atoms with Gasteiger partial charge in [-0.2, -0.15) is 0 Å². The van der Waals surface area contributed by atoms with Crippen molar-refractivity contribution in [3.05, 3.63) is 24.3 Å². The second-order valence-corrected chi connectivity index (χ2v) is 10.5. The van der Waals surface area contributed by atoms with Gasteiger partial charge in [-0.05, 0) is 72.4 Å². The van der Waals surface area contributed by atoms with E-state index in [4.69, 9.17) is 4.74 Å². The van der Waals surface area contributed by atoms with Gasteiger partial charge >= 0.3 is 0 Å². The van der Waals surface area contributed by atoms with Gasteiger partial charge in [-0.3, -0.25) is 9.80 Å². The smallest absolute Gasteiger partial charge is 0.119 e. The van der Waals surface area contributed by atoms with Crippen LogP contribution in [0.2, 0.25) is 0 Å². The number of hydrogen-bond donors (Lipinski definition) is 0. The van der Waals surface area contributed by atoms with Crippen LogP contribution in [0.5, 0.6) is 5.75 Å². The first kappa shape index (κ1) is 22.4. The molecule has 1 atom stereocenters. The van der Waals surface area contributed by atoms with Crippen molar-refractivity contribution < 1.29 is 4.74 Å². The molecular weight excluding hydrogens is 360 g/mol. The van der Waals surface area contributed by atoms with Gasteiger partial charge in [0.1, 0.15) is 5.75 Å². The fourth-order valence-corrected chi connectivity index (χ4v) is 5.06. The first-order chi connectivity index (χ1) is 13.6. The fraction of sp³-hybridized carbons (Fsp3) is 0.750. The molecule has 0 radical (unpaired) electrons. The van der Waals surface area contributed by atoms with Gasteiger partial charge in [0.25, 0.3) is 0 Å². The van der Waals surface area contributed by atoms with E-state index in [9.17, 15) is 0 Å². The van der Waals surface area contributed by atoms with E-state index >= 15 is 0 Å². The molecule has 2 fully saturated rings. The Morgan fingerprint density at radius 2 is 1.52 bits per heavy atom. The Hall–Kier alpha value is -1.30. The van der Waals surface area contributed by atoms with Gasteiger partial charge in [-0.15, -0.1) is 0 Å². The normalized spacial score (nSPS) is 23.4. The van der Waals surface area contributed by atoms with E-state index in [2.05, 4.69) is 85.5 Å². The molecule has 0 bridgehead atoms. The van der Waals surface area contributed by atoms with Gasteiger partial charge in [0.15, 0.2) is 0 Å². The van der Waals surface area contributed by atoms with Crippen LogP contribution in [-0.4, -0.2) is 91.8 Å². The number of likely N-dealkylation sites (N-methyl/N-ethyl adjacent to an activating group) is 1. The second-order valence-electron chi connectivity index (χ2n) is 10.5. The summed E-state index contributed by atoms with van der Waals surface area (Å²) in [6.45, 7) is 20.0. The maximum Gasteiger partial charge on any atom is 0.119 e. The van der Waals surface area contributed by atoms with Gasteiger partial charge < -0.3 is 14.5 Å². The molecule has 0 aliphatic carbocycles. The van der Waals surface area contributed by atoms with Crippen molar-refractivity contribution in [1.29, 1.82) is 0 Å². The van der Waals surface area contributed by atoms with Crippen molar-refractivity contribution >= 4 is 5.69 Å². The molecule has 1 aromatic carbocycles. The van der Waals surface area contributed by atoms with E-state index in [0.717, 1.165) is 25.4 Å². The van der Waals surface area contributed by atoms with Gasteiger partial charge in [0.2, 0.25) is 0 Å². The lowest BCUT2D eigenvalue weighted by Gasteiger charge is -2.52. The number of piperazine rings is 2. The molecule has 5 nitrogen and oxygen atoms in total. The lowest BCUT2D eigenvalue weighted by molar-refractivity contribution is 0.00612. The van der Waals surface area contributed by atoms with Crippen LogP contribution in [0.15, 0.2) is 24.3 Å². The zero-order valence-corrected chi connectivity index (χ0v) is 19.7. The Morgan fingerprint density at radius 3 is 2.07 bits per heavy atom. The lowest BCUT2D eigenvalue weighted by atomic mass is 9.88. The highest BCUT2D eigenvalue weighted by atomic mass is 16.5. The van der Waals surface area contributed by atoms with Crippen molar-refractivity contribution in [2.75, 3.05) is 64.9 Å². The molecule has 5 heteroatoms. The van der Waals surface area contributed by atoms with E-state index in [-0.39, 0.29) is 11.1 Å². The molecule has 0 saturated carbocycles. The third-order valence-electron chi connectivity index (χ3n) is 6.88. The van der Waals surface area contributed by atoms with Crippen LogP contribution in [0.4, 0.5) is 5.69 Å². The molecule has 0 spiro atoms. The van der Waals surface area contributed by atoms with E-state index in [1.807, 2.05) is 0 Å². The average molecular weight is 403 g/mol. The van der Waals surface area contributed by atoms with Crippen LogP contribution in [0.25, 0.3) is 0 Å². The Balaban J connectivity index is 1.75. The van der Waals surface area contributed by atoms with Crippen molar-refractivity contribution in [2.45, 2.75) is 58.2 Å². The molecule has 1 aromatic rings. The molecule has 29 heavy (non-hydrogen) atoms. The summed E-state index contributed by atoms with van der Waals surface area (Å²) in [5.74, 6) is 0.926. The van der Waals surface area contributed by atoms with Crippen molar-refractivity contribution in [1.82, 2.24) is 14.7 Å². The Morgan fingerprint density at radius 1 is 0.897 bits per heavy atom. The maximum atomic E-state index is 5.34. The van der Waals surface area contributed by atoms with Gasteiger partial charge in [-0.25, -0.2) is 0 Å². The SMILES string of the molecule is COc1ccc(N2CCN(C(C)(C)C)C(CC(C)(C)N3CCN(C)CC3)C2)cc1. The van der Waals surface area contributed by atoms with Crippen molar-refractivity contribution in [3.8, 4) is 5.75 Å². The van der Waals surface area contributed by atoms with Gasteiger partial charge in [0.05, 0.1) is 7.11 Å². The Kier molecular flexibility index (Phi) is 6.81. The van der Waals surface area contributed by atoms with Crippen molar-refractivity contribution in [3.63, 3.8) is 0 Å². The van der Waals surface area contributed by atoms with E-state index < -0.39 is 0 Å². The fourth-order valence-electron chi connectivity index (χ4n) is 5.06. The number of ether oxygens (including phenoxy) is 1. The Bertz CT molecular complexity index is 644. The minimum atomic E-state index is 0.189. The predicted octanol–water partition coefficient (Wildman–Crippen LogP) is 3.40. The van der Waals surface area contributed by atoms with Crippen LogP contribution < -0.4 is 9.64 Å². The molecule has 2 heterocycles. The first-order valence-corrected chi connectivity index (χ1v) is 11.2. The average Bonchev–Trinajstić information content (AvgIpc) is 2.67. The molecule has 2 saturated heterocycles. The number of anilines is 1. The number of nitrogens with zero attached hydrogens (tertiary/aromatic N) is 4. The third-order valence-corrected chi connectivity index (χ3v) is 6.88. The molecule has 1 unspecified atom stereocenters. The van der Waals surface area contributed by atoms with Crippen LogP contribution in [0.1, 0.15) is 41.0 Å². The largest absolute Gasteiger partial charge is 0.497 e. The Labute approximate surface area is 178 Å². The van der Waals surface area contributed by atoms with Crippen LogP contribution >= 0.6 is 0 Å². The molecule has 3 rings (SSSR count). The van der Waals surface area contributed by atoms with E-state index in [1.54, 1.807) is 7.11 Å². The second kappa shape index (κ2) is 8.83. The zero-order chi connectivity index (χ0) is 21.2. The topological polar surface area (TPSA) is 22.2 Å². The standard InChI is InChI=1S/C24H42N4O/c1-23(2,3)28-17-14-26(20-8-10-22(29-7)11-9-20)19-21(28)18-24(4,5)27-15-12-25(6)13-16-27/h8-11,21H,12-19H2,1-7H3. The summed E-state index contributed by atoms with van der Waals surface area (Å²) >= 11 is 0. The summed E-state index contributed by atoms with van der Waals surface area (Å²) in [5, 5.41) is 0. The highest BCUT2D eigenvalue weighted by Gasteiger charge is 2.39. The van der Waals surface area contributed by atoms with Crippen LogP contribution in [0, 0.1) is 0 Å². The number of hydrogen-bond acceptors (Lipinski definition) is 5. The van der Waals surface area contributed by atoms with Gasteiger partial charge in [-0.1, -0.05) is 0 Å². The summed E-state index contributed by atoms with van der Waals surface area (Å²) in [6.07, 6.45) is 1.20. The third kappa shape index (κ3) is 5.44. The highest BCUT2D eigenvalue weighted by molar-refractivity contribution is 5.49. The quantitative estimate of drug-likeness (QED) is 0.751. The lowest BCUT2D eigenvalue weighted by Crippen LogP contribution is -2.63. The maximum absolute atomic E-state index is 5.34. The summed E-state index contributed by atoms with van der Waals surface area (Å²) in [5.41, 5.74) is 1.70. The summed E-state index contributed by atoms with van der Waals surface area (Å²) in [7, 11) is 3.97. The molecule has 164 valence electrons. The van der Waals surface area contributed by atoms with E-state index in [0.29, 0.717) is 6.04 Å². The molecular formula is C24H42N4O. The summed E-state index contributed by atoms with van der Waals surface area (Å²) in [6, 6.07) is 9.10. The first-order valence-electron chi connectivity index (χ1n) is 11.2. The number of methoxy groups -OCH3 is 1. The van der Waals surface area contributed by atoms with E-state index in [1.165, 1.54) is 38.3 Å². The monoisotopic (exact) mass is 402 g/mol. The predicted molar refractivity (Wildman–Crippen MR) is 123 cm³/mol. The zero-order valence-electron chi connectivity index (χ0n) is 19.7. The number of benzene rings is 1. The van der Waals surface area contributed by atoms with Crippen LogP contribution in [0.3, 0.4) is 0 Å². The molecule has 0 aromatic heterocycles. The summed E-state index contributed by atoms with van der Waals surface area (Å²) in [4.78, 5) is 10.5. The highest BCUT2D eigenvalue weighted by Crippen LogP contribution is 2.32. The molecule has 2 aliphatic rings. The molecule has 2 aliphatic heterocycles. The molecule has 0 N–H and O–H groups in total. The van der Waals surface area contributed by atoms with Gasteiger partial charge in [0, 0.05) is 68.6 Å². The van der Waals surface area contributed by atoms with Crippen molar-refractivity contribution in [2.24, 2.45) is 0 Å².